The highest BCUT2D eigenvalue weighted by atomic mass is 32.1. The summed E-state index contributed by atoms with van der Waals surface area (Å²) in [5, 5.41) is 0. The van der Waals surface area contributed by atoms with Crippen molar-refractivity contribution in [1.82, 2.24) is 0 Å². The lowest BCUT2D eigenvalue weighted by molar-refractivity contribution is 0.0919. The third-order valence-electron chi connectivity index (χ3n) is 2.93. The largest absolute Gasteiger partial charge is 0.294 e. The second-order valence-corrected chi connectivity index (χ2v) is 5.91. The third-order valence-corrected chi connectivity index (χ3v) is 3.98. The highest BCUT2D eigenvalue weighted by molar-refractivity contribution is 7.14. The Labute approximate surface area is 117 Å². The second kappa shape index (κ2) is 5.93. The smallest absolute Gasteiger partial charge is 0.173 e. The van der Waals surface area contributed by atoms with Crippen LogP contribution in [0.25, 0.3) is 0 Å². The van der Waals surface area contributed by atoms with Crippen molar-refractivity contribution in [3.8, 4) is 0 Å². The van der Waals surface area contributed by atoms with Crippen LogP contribution in [-0.4, -0.2) is 11.6 Å². The molecule has 0 bridgehead atoms. The molecule has 1 aromatic heterocycles. The number of hydrogen-bond acceptors (Lipinski definition) is 3. The molecule has 3 heteroatoms. The Morgan fingerprint density at radius 1 is 1.00 bits per heavy atom. The Morgan fingerprint density at radius 3 is 2.37 bits per heavy atom. The maximum absolute atomic E-state index is 12.0. The van der Waals surface area contributed by atoms with Gasteiger partial charge in [-0.05, 0) is 32.0 Å². The zero-order valence-corrected chi connectivity index (χ0v) is 11.9. The van der Waals surface area contributed by atoms with Crippen LogP contribution in [0.15, 0.2) is 36.4 Å². The van der Waals surface area contributed by atoms with Gasteiger partial charge in [0.15, 0.2) is 11.6 Å². The van der Waals surface area contributed by atoms with E-state index < -0.39 is 0 Å². The summed E-state index contributed by atoms with van der Waals surface area (Å²) in [6, 6.07) is 11.3. The van der Waals surface area contributed by atoms with Crippen molar-refractivity contribution in [3.63, 3.8) is 0 Å². The number of carbonyl (C=O) groups excluding carboxylic acids is 2. The summed E-state index contributed by atoms with van der Waals surface area (Å²) >= 11 is 1.48. The van der Waals surface area contributed by atoms with E-state index in [-0.39, 0.29) is 24.4 Å². The molecule has 1 heterocycles. The lowest BCUT2D eigenvalue weighted by atomic mass is 10.0. The van der Waals surface area contributed by atoms with Crippen molar-refractivity contribution in [1.29, 1.82) is 0 Å². The van der Waals surface area contributed by atoms with E-state index in [4.69, 9.17) is 0 Å². The van der Waals surface area contributed by atoms with Gasteiger partial charge in [-0.25, -0.2) is 0 Å². The first kappa shape index (κ1) is 13.7. The number of rotatable bonds is 5. The van der Waals surface area contributed by atoms with Gasteiger partial charge < -0.3 is 0 Å². The standard InChI is InChI=1S/C16H16O2S/c1-11-4-3-5-13(10-11)14(17)7-8-15(18)16-9-6-12(2)19-16/h3-6,9-10H,7-8H2,1-2H3. The number of ketones is 2. The van der Waals surface area contributed by atoms with Gasteiger partial charge >= 0.3 is 0 Å². The SMILES string of the molecule is Cc1cccc(C(=O)CCC(=O)c2ccc(C)s2)c1. The summed E-state index contributed by atoms with van der Waals surface area (Å²) in [7, 11) is 0. The van der Waals surface area contributed by atoms with E-state index in [1.165, 1.54) is 11.3 Å². The minimum atomic E-state index is 0.0327. The number of thiophene rings is 1. The van der Waals surface area contributed by atoms with Crippen LogP contribution in [0.4, 0.5) is 0 Å². The Morgan fingerprint density at radius 2 is 1.74 bits per heavy atom. The van der Waals surface area contributed by atoms with Crippen LogP contribution in [0.5, 0.6) is 0 Å². The van der Waals surface area contributed by atoms with E-state index in [1.54, 1.807) is 6.07 Å². The molecule has 0 fully saturated rings. The van der Waals surface area contributed by atoms with Gasteiger partial charge in [-0.3, -0.25) is 9.59 Å². The first-order valence-corrected chi connectivity index (χ1v) is 7.07. The zero-order chi connectivity index (χ0) is 13.8. The van der Waals surface area contributed by atoms with E-state index in [0.29, 0.717) is 5.56 Å². The molecule has 0 aliphatic heterocycles. The number of benzene rings is 1. The van der Waals surface area contributed by atoms with Crippen molar-refractivity contribution < 1.29 is 9.59 Å². The van der Waals surface area contributed by atoms with E-state index in [2.05, 4.69) is 0 Å². The molecule has 2 aromatic rings. The average molecular weight is 272 g/mol. The van der Waals surface area contributed by atoms with E-state index in [9.17, 15) is 9.59 Å². The minimum Gasteiger partial charge on any atom is -0.294 e. The highest BCUT2D eigenvalue weighted by Gasteiger charge is 2.12. The Hall–Kier alpha value is -1.74. The van der Waals surface area contributed by atoms with Gasteiger partial charge in [0.2, 0.25) is 0 Å². The fourth-order valence-electron chi connectivity index (χ4n) is 1.90. The van der Waals surface area contributed by atoms with E-state index in [0.717, 1.165) is 15.3 Å². The lowest BCUT2D eigenvalue weighted by Gasteiger charge is -2.01. The van der Waals surface area contributed by atoms with Gasteiger partial charge in [0.05, 0.1) is 4.88 Å². The average Bonchev–Trinajstić information content (AvgIpc) is 2.82. The van der Waals surface area contributed by atoms with Crippen LogP contribution in [0.1, 0.15) is 43.3 Å². The van der Waals surface area contributed by atoms with Gasteiger partial charge in [0.25, 0.3) is 0 Å². The number of carbonyl (C=O) groups is 2. The molecular formula is C16H16O2S. The molecule has 0 saturated carbocycles. The first-order valence-electron chi connectivity index (χ1n) is 6.26. The Kier molecular flexibility index (Phi) is 4.27. The first-order chi connectivity index (χ1) is 9.06. The molecule has 2 rings (SSSR count). The molecule has 0 radical (unpaired) electrons. The van der Waals surface area contributed by atoms with Crippen molar-refractivity contribution in [2.45, 2.75) is 26.7 Å². The molecule has 0 aliphatic carbocycles. The van der Waals surface area contributed by atoms with E-state index >= 15 is 0 Å². The molecule has 0 spiro atoms. The van der Waals surface area contributed by atoms with Crippen LogP contribution in [0.2, 0.25) is 0 Å². The van der Waals surface area contributed by atoms with Crippen LogP contribution in [0.3, 0.4) is 0 Å². The molecule has 0 N–H and O–H groups in total. The van der Waals surface area contributed by atoms with Gasteiger partial charge in [-0.15, -0.1) is 11.3 Å². The fraction of sp³-hybridized carbons (Fsp3) is 0.250. The van der Waals surface area contributed by atoms with Crippen molar-refractivity contribution in [2.24, 2.45) is 0 Å². The summed E-state index contributed by atoms with van der Waals surface area (Å²) in [5.41, 5.74) is 1.75. The molecule has 98 valence electrons. The highest BCUT2D eigenvalue weighted by Crippen LogP contribution is 2.18. The summed E-state index contributed by atoms with van der Waals surface area (Å²) in [5.74, 6) is 0.0874. The molecule has 0 atom stereocenters. The van der Waals surface area contributed by atoms with E-state index in [1.807, 2.05) is 44.2 Å². The summed E-state index contributed by atoms with van der Waals surface area (Å²) in [6.45, 7) is 3.93. The van der Waals surface area contributed by atoms with Gasteiger partial charge in [-0.1, -0.05) is 23.8 Å². The van der Waals surface area contributed by atoms with Gasteiger partial charge in [-0.2, -0.15) is 0 Å². The molecule has 1 aromatic carbocycles. The molecule has 0 saturated heterocycles. The minimum absolute atomic E-state index is 0.0327. The quantitative estimate of drug-likeness (QED) is 0.764. The van der Waals surface area contributed by atoms with Gasteiger partial charge in [0.1, 0.15) is 0 Å². The van der Waals surface area contributed by atoms with Crippen molar-refractivity contribution in [2.75, 3.05) is 0 Å². The lowest BCUT2D eigenvalue weighted by Crippen LogP contribution is -2.04. The summed E-state index contributed by atoms with van der Waals surface area (Å²) < 4.78 is 0. The number of hydrogen-bond donors (Lipinski definition) is 0. The number of aryl methyl sites for hydroxylation is 2. The molecule has 0 amide bonds. The van der Waals surface area contributed by atoms with Crippen LogP contribution < -0.4 is 0 Å². The molecule has 19 heavy (non-hydrogen) atoms. The fourth-order valence-corrected chi connectivity index (χ4v) is 2.73. The van der Waals surface area contributed by atoms with Crippen LogP contribution in [0, 0.1) is 13.8 Å². The Balaban J connectivity index is 1.95. The predicted octanol–water partition coefficient (Wildman–Crippen LogP) is 4.21. The zero-order valence-electron chi connectivity index (χ0n) is 11.1. The molecule has 2 nitrogen and oxygen atoms in total. The topological polar surface area (TPSA) is 34.1 Å². The normalized spacial score (nSPS) is 10.4. The monoisotopic (exact) mass is 272 g/mol. The predicted molar refractivity (Wildman–Crippen MR) is 78.1 cm³/mol. The second-order valence-electron chi connectivity index (χ2n) is 4.63. The van der Waals surface area contributed by atoms with Crippen LogP contribution >= 0.6 is 11.3 Å². The number of Topliss-reactive ketones (excluding diaryl/α,β-unsaturated/α-hetero) is 2. The maximum Gasteiger partial charge on any atom is 0.173 e. The van der Waals surface area contributed by atoms with Crippen molar-refractivity contribution >= 4 is 22.9 Å². The Bertz CT molecular complexity index is 611. The molecule has 0 unspecified atom stereocenters. The van der Waals surface area contributed by atoms with Crippen LogP contribution in [-0.2, 0) is 0 Å². The summed E-state index contributed by atoms with van der Waals surface area (Å²) in [6.07, 6.45) is 0.561. The maximum atomic E-state index is 12.0. The summed E-state index contributed by atoms with van der Waals surface area (Å²) in [4.78, 5) is 25.8. The van der Waals surface area contributed by atoms with Crippen molar-refractivity contribution in [3.05, 3.63) is 57.3 Å². The third kappa shape index (κ3) is 3.61. The molecular weight excluding hydrogens is 256 g/mol. The molecule has 0 aliphatic rings. The van der Waals surface area contributed by atoms with Gasteiger partial charge in [0, 0.05) is 23.3 Å².